The molecular weight excluding hydrogens is 192 g/mol. The molecule has 2 heterocycles. The van der Waals surface area contributed by atoms with Gasteiger partial charge < -0.3 is 9.47 Å². The van der Waals surface area contributed by atoms with Crippen molar-refractivity contribution in [2.45, 2.75) is 12.2 Å². The summed E-state index contributed by atoms with van der Waals surface area (Å²) in [5, 5.41) is 0. The first-order chi connectivity index (χ1) is 7.29. The van der Waals surface area contributed by atoms with Crippen LogP contribution in [0.3, 0.4) is 0 Å². The van der Waals surface area contributed by atoms with Gasteiger partial charge in [-0.25, -0.2) is 4.79 Å². The molecule has 1 aromatic carbocycles. The summed E-state index contributed by atoms with van der Waals surface area (Å²) in [6.07, 6.45) is 4.17. The van der Waals surface area contributed by atoms with Crippen LogP contribution in [-0.4, -0.2) is 13.1 Å². The Hall–Kier alpha value is -1.61. The molecule has 1 aromatic rings. The molecule has 0 aliphatic carbocycles. The van der Waals surface area contributed by atoms with Crippen LogP contribution in [0.1, 0.15) is 33.7 Å². The number of hydrogen-bond acceptors (Lipinski definition) is 3. The summed E-state index contributed by atoms with van der Waals surface area (Å²) in [6.45, 7) is 0. The molecule has 0 aromatic heterocycles. The highest BCUT2D eigenvalue weighted by molar-refractivity contribution is 5.89. The Bertz CT molecular complexity index is 462. The Kier molecular flexibility index (Phi) is 1.70. The third-order valence-corrected chi connectivity index (χ3v) is 2.87. The number of fused-ring (bicyclic) bond motifs is 5. The summed E-state index contributed by atoms with van der Waals surface area (Å²) in [5.41, 5.74) is 2.83. The highest BCUT2D eigenvalue weighted by atomic mass is 16.5. The minimum absolute atomic E-state index is 0.0228. The summed E-state index contributed by atoms with van der Waals surface area (Å²) in [7, 11) is 1.39. The first-order valence-electron chi connectivity index (χ1n) is 4.85. The van der Waals surface area contributed by atoms with Crippen LogP contribution in [0, 0.1) is 0 Å². The molecule has 2 aliphatic rings. The summed E-state index contributed by atoms with van der Waals surface area (Å²) in [6, 6.07) is 5.58. The average Bonchev–Trinajstić information content (AvgIpc) is 2.88. The Balaban J connectivity index is 2.06. The summed E-state index contributed by atoms with van der Waals surface area (Å²) in [5.74, 6) is -0.301. The van der Waals surface area contributed by atoms with Gasteiger partial charge in [-0.15, -0.1) is 0 Å². The first-order valence-corrected chi connectivity index (χ1v) is 4.85. The number of esters is 1. The fraction of sp³-hybridized carbons (Fsp3) is 0.250. The SMILES string of the molecule is COC(=O)c1ccc2c(c1)[C@H]1C=C[C@@H]2O1. The van der Waals surface area contributed by atoms with Gasteiger partial charge in [-0.3, -0.25) is 0 Å². The predicted octanol–water partition coefficient (Wildman–Crippen LogP) is 2.16. The van der Waals surface area contributed by atoms with E-state index in [4.69, 9.17) is 4.74 Å². The maximum atomic E-state index is 11.3. The molecule has 3 rings (SSSR count). The number of rotatable bonds is 1. The lowest BCUT2D eigenvalue weighted by molar-refractivity contribution is 0.0600. The van der Waals surface area contributed by atoms with Crippen molar-refractivity contribution in [3.8, 4) is 0 Å². The number of carbonyl (C=O) groups is 1. The van der Waals surface area contributed by atoms with Crippen molar-refractivity contribution in [2.75, 3.05) is 7.11 Å². The predicted molar refractivity (Wildman–Crippen MR) is 53.5 cm³/mol. The van der Waals surface area contributed by atoms with Gasteiger partial charge in [0.05, 0.1) is 12.7 Å². The van der Waals surface area contributed by atoms with E-state index in [0.29, 0.717) is 5.56 Å². The van der Waals surface area contributed by atoms with Gasteiger partial charge in [0, 0.05) is 0 Å². The van der Waals surface area contributed by atoms with Crippen molar-refractivity contribution in [3.63, 3.8) is 0 Å². The largest absolute Gasteiger partial charge is 0.465 e. The first kappa shape index (κ1) is 8.68. The van der Waals surface area contributed by atoms with E-state index in [-0.39, 0.29) is 18.2 Å². The molecule has 0 N–H and O–H groups in total. The van der Waals surface area contributed by atoms with Crippen molar-refractivity contribution in [1.29, 1.82) is 0 Å². The Morgan fingerprint density at radius 1 is 1.27 bits per heavy atom. The van der Waals surface area contributed by atoms with Gasteiger partial charge >= 0.3 is 5.97 Å². The van der Waals surface area contributed by atoms with E-state index in [1.807, 2.05) is 24.3 Å². The molecule has 3 nitrogen and oxygen atoms in total. The molecule has 0 spiro atoms. The second-order valence-electron chi connectivity index (χ2n) is 3.70. The molecule has 0 radical (unpaired) electrons. The second-order valence-corrected chi connectivity index (χ2v) is 3.70. The van der Waals surface area contributed by atoms with E-state index in [1.54, 1.807) is 6.07 Å². The lowest BCUT2D eigenvalue weighted by atomic mass is 9.95. The second kappa shape index (κ2) is 2.94. The highest BCUT2D eigenvalue weighted by Crippen LogP contribution is 2.45. The van der Waals surface area contributed by atoms with Gasteiger partial charge in [0.1, 0.15) is 12.2 Å². The molecule has 76 valence electrons. The fourth-order valence-corrected chi connectivity index (χ4v) is 2.13. The topological polar surface area (TPSA) is 35.5 Å². The van der Waals surface area contributed by atoms with Crippen LogP contribution in [0.2, 0.25) is 0 Å². The van der Waals surface area contributed by atoms with Gasteiger partial charge in [-0.05, 0) is 23.3 Å². The highest BCUT2D eigenvalue weighted by Gasteiger charge is 2.33. The lowest BCUT2D eigenvalue weighted by Crippen LogP contribution is -2.03. The van der Waals surface area contributed by atoms with E-state index in [9.17, 15) is 4.79 Å². The molecule has 3 heteroatoms. The molecule has 0 saturated heterocycles. The van der Waals surface area contributed by atoms with Crippen molar-refractivity contribution in [3.05, 3.63) is 47.0 Å². The number of ether oxygens (including phenoxy) is 2. The Morgan fingerprint density at radius 2 is 2.00 bits per heavy atom. The van der Waals surface area contributed by atoms with Crippen LogP contribution in [0.15, 0.2) is 30.4 Å². The van der Waals surface area contributed by atoms with Gasteiger partial charge in [-0.2, -0.15) is 0 Å². The van der Waals surface area contributed by atoms with Crippen molar-refractivity contribution < 1.29 is 14.3 Å². The van der Waals surface area contributed by atoms with Crippen LogP contribution >= 0.6 is 0 Å². The molecule has 15 heavy (non-hydrogen) atoms. The summed E-state index contributed by atoms with van der Waals surface area (Å²) in [4.78, 5) is 11.3. The van der Waals surface area contributed by atoms with Gasteiger partial charge in [0.25, 0.3) is 0 Å². The summed E-state index contributed by atoms with van der Waals surface area (Å²) >= 11 is 0. The molecule has 0 saturated carbocycles. The number of benzene rings is 1. The standard InChI is InChI=1S/C12H10O3/c1-14-12(13)7-2-3-8-9(6-7)11-5-4-10(8)15-11/h2-6,10-11H,1H3/t10-,11+/m0/s1. The lowest BCUT2D eigenvalue weighted by Gasteiger charge is -2.08. The average molecular weight is 202 g/mol. The van der Waals surface area contributed by atoms with Crippen LogP contribution < -0.4 is 0 Å². The molecule has 0 fully saturated rings. The van der Waals surface area contributed by atoms with E-state index < -0.39 is 0 Å². The van der Waals surface area contributed by atoms with E-state index in [1.165, 1.54) is 7.11 Å². The molecule has 0 amide bonds. The smallest absolute Gasteiger partial charge is 0.337 e. The normalized spacial score (nSPS) is 25.4. The van der Waals surface area contributed by atoms with Gasteiger partial charge in [0.2, 0.25) is 0 Å². The van der Waals surface area contributed by atoms with E-state index >= 15 is 0 Å². The fourth-order valence-electron chi connectivity index (χ4n) is 2.13. The maximum absolute atomic E-state index is 11.3. The van der Waals surface area contributed by atoms with Crippen molar-refractivity contribution >= 4 is 5.97 Å². The Labute approximate surface area is 87.3 Å². The summed E-state index contributed by atoms with van der Waals surface area (Å²) < 4.78 is 10.3. The third kappa shape index (κ3) is 1.13. The van der Waals surface area contributed by atoms with Crippen LogP contribution in [0.4, 0.5) is 0 Å². The minimum atomic E-state index is -0.301. The van der Waals surface area contributed by atoms with Crippen molar-refractivity contribution in [2.24, 2.45) is 0 Å². The van der Waals surface area contributed by atoms with Gasteiger partial charge in [0.15, 0.2) is 0 Å². The molecule has 2 atom stereocenters. The number of carbonyl (C=O) groups excluding carboxylic acids is 1. The van der Waals surface area contributed by atoms with Crippen LogP contribution in [0.25, 0.3) is 0 Å². The van der Waals surface area contributed by atoms with Gasteiger partial charge in [-0.1, -0.05) is 18.2 Å². The van der Waals surface area contributed by atoms with E-state index in [0.717, 1.165) is 11.1 Å². The molecular formula is C12H10O3. The zero-order valence-corrected chi connectivity index (χ0v) is 8.27. The minimum Gasteiger partial charge on any atom is -0.465 e. The van der Waals surface area contributed by atoms with Crippen molar-refractivity contribution in [1.82, 2.24) is 0 Å². The molecule has 2 bridgehead atoms. The zero-order chi connectivity index (χ0) is 10.4. The van der Waals surface area contributed by atoms with Crippen LogP contribution in [-0.2, 0) is 9.47 Å². The molecule has 0 unspecified atom stereocenters. The number of methoxy groups -OCH3 is 1. The van der Waals surface area contributed by atoms with E-state index in [2.05, 4.69) is 4.74 Å². The monoisotopic (exact) mass is 202 g/mol. The van der Waals surface area contributed by atoms with Crippen LogP contribution in [0.5, 0.6) is 0 Å². The third-order valence-electron chi connectivity index (χ3n) is 2.87. The number of hydrogen-bond donors (Lipinski definition) is 0. The maximum Gasteiger partial charge on any atom is 0.337 e. The quantitative estimate of drug-likeness (QED) is 0.517. The molecule has 2 aliphatic heterocycles. The zero-order valence-electron chi connectivity index (χ0n) is 8.27. The Morgan fingerprint density at radius 3 is 2.73 bits per heavy atom.